The van der Waals surface area contributed by atoms with Crippen LogP contribution >= 0.6 is 0 Å². The van der Waals surface area contributed by atoms with Crippen molar-refractivity contribution in [3.8, 4) is 11.4 Å². The fraction of sp³-hybridized carbons (Fsp3) is 0.200. The van der Waals surface area contributed by atoms with Crippen molar-refractivity contribution in [2.45, 2.75) is 32.7 Å². The minimum absolute atomic E-state index is 0.310. The summed E-state index contributed by atoms with van der Waals surface area (Å²) in [4.78, 5) is 9.66. The van der Waals surface area contributed by atoms with E-state index in [0.29, 0.717) is 6.04 Å². The largest absolute Gasteiger partial charge is 0.367 e. The molecular formula is C25H25N3. The van der Waals surface area contributed by atoms with E-state index in [4.69, 9.17) is 9.97 Å². The van der Waals surface area contributed by atoms with E-state index >= 15 is 0 Å². The number of benzene rings is 3. The zero-order valence-electron chi connectivity index (χ0n) is 16.4. The quantitative estimate of drug-likeness (QED) is 0.451. The van der Waals surface area contributed by atoms with E-state index in [0.717, 1.165) is 41.0 Å². The number of hydrogen-bond acceptors (Lipinski definition) is 3. The first-order valence-corrected chi connectivity index (χ1v) is 9.83. The van der Waals surface area contributed by atoms with Crippen LogP contribution in [0, 0.1) is 6.92 Å². The second-order valence-corrected chi connectivity index (χ2v) is 7.35. The Kier molecular flexibility index (Phi) is 5.34. The zero-order valence-corrected chi connectivity index (χ0v) is 16.4. The molecule has 0 spiro atoms. The first-order chi connectivity index (χ1) is 13.7. The third kappa shape index (κ3) is 4.20. The third-order valence-corrected chi connectivity index (χ3v) is 5.00. The monoisotopic (exact) mass is 367 g/mol. The van der Waals surface area contributed by atoms with Gasteiger partial charge in [0.2, 0.25) is 0 Å². The van der Waals surface area contributed by atoms with E-state index < -0.39 is 0 Å². The van der Waals surface area contributed by atoms with E-state index in [1.807, 2.05) is 12.1 Å². The highest BCUT2D eigenvalue weighted by atomic mass is 15.0. The van der Waals surface area contributed by atoms with Gasteiger partial charge in [-0.15, -0.1) is 0 Å². The molecule has 140 valence electrons. The highest BCUT2D eigenvalue weighted by molar-refractivity contribution is 5.90. The predicted molar refractivity (Wildman–Crippen MR) is 118 cm³/mol. The van der Waals surface area contributed by atoms with Crippen LogP contribution in [0.3, 0.4) is 0 Å². The van der Waals surface area contributed by atoms with Crippen LogP contribution in [0.15, 0.2) is 78.9 Å². The highest BCUT2D eigenvalue weighted by Gasteiger charge is 2.11. The Morgan fingerprint density at radius 2 is 1.54 bits per heavy atom. The van der Waals surface area contributed by atoms with Gasteiger partial charge in [-0.05, 0) is 44.4 Å². The zero-order chi connectivity index (χ0) is 19.3. The topological polar surface area (TPSA) is 37.8 Å². The normalized spacial score (nSPS) is 12.1. The first-order valence-electron chi connectivity index (χ1n) is 9.83. The number of hydrogen-bond donors (Lipinski definition) is 1. The Bertz CT molecular complexity index is 1060. The van der Waals surface area contributed by atoms with Gasteiger partial charge in [-0.1, -0.05) is 72.3 Å². The van der Waals surface area contributed by atoms with Gasteiger partial charge < -0.3 is 5.32 Å². The minimum Gasteiger partial charge on any atom is -0.367 e. The van der Waals surface area contributed by atoms with Crippen molar-refractivity contribution in [3.05, 3.63) is 90.0 Å². The molecule has 0 saturated heterocycles. The molecule has 3 heteroatoms. The van der Waals surface area contributed by atoms with Crippen molar-refractivity contribution in [3.63, 3.8) is 0 Å². The molecule has 3 nitrogen and oxygen atoms in total. The van der Waals surface area contributed by atoms with Crippen molar-refractivity contribution in [1.29, 1.82) is 0 Å². The van der Waals surface area contributed by atoms with Crippen molar-refractivity contribution in [2.24, 2.45) is 0 Å². The average Bonchev–Trinajstić information content (AvgIpc) is 2.73. The van der Waals surface area contributed by atoms with E-state index in [1.165, 1.54) is 11.1 Å². The van der Waals surface area contributed by atoms with Crippen LogP contribution in [-0.4, -0.2) is 16.0 Å². The maximum atomic E-state index is 4.87. The molecule has 1 heterocycles. The fourth-order valence-corrected chi connectivity index (χ4v) is 3.35. The van der Waals surface area contributed by atoms with Crippen LogP contribution in [-0.2, 0) is 6.42 Å². The molecule has 1 N–H and O–H groups in total. The minimum atomic E-state index is 0.310. The Hall–Kier alpha value is -3.20. The summed E-state index contributed by atoms with van der Waals surface area (Å²) in [6, 6.07) is 27.5. The predicted octanol–water partition coefficient (Wildman–Crippen LogP) is 6.04. The van der Waals surface area contributed by atoms with Crippen LogP contribution in [0.25, 0.3) is 22.3 Å². The number of para-hydroxylation sites is 1. The van der Waals surface area contributed by atoms with Gasteiger partial charge >= 0.3 is 0 Å². The van der Waals surface area contributed by atoms with Gasteiger partial charge in [0.25, 0.3) is 0 Å². The molecule has 0 fully saturated rings. The van der Waals surface area contributed by atoms with Crippen LogP contribution in [0.2, 0.25) is 0 Å². The number of anilines is 1. The third-order valence-electron chi connectivity index (χ3n) is 5.00. The maximum Gasteiger partial charge on any atom is 0.162 e. The molecule has 1 aromatic heterocycles. The molecule has 0 aliphatic heterocycles. The number of aromatic nitrogens is 2. The lowest BCUT2D eigenvalue weighted by Gasteiger charge is -2.17. The van der Waals surface area contributed by atoms with E-state index in [-0.39, 0.29) is 0 Å². The summed E-state index contributed by atoms with van der Waals surface area (Å²) in [5.74, 6) is 1.66. The molecule has 0 aliphatic carbocycles. The van der Waals surface area contributed by atoms with Gasteiger partial charge in [0.05, 0.1) is 5.52 Å². The molecular weight excluding hydrogens is 342 g/mol. The molecule has 28 heavy (non-hydrogen) atoms. The fourth-order valence-electron chi connectivity index (χ4n) is 3.35. The van der Waals surface area contributed by atoms with Gasteiger partial charge in [-0.2, -0.15) is 0 Å². The Balaban J connectivity index is 1.60. The molecule has 0 unspecified atom stereocenters. The lowest BCUT2D eigenvalue weighted by Crippen LogP contribution is -2.17. The molecule has 4 rings (SSSR count). The SMILES string of the molecule is Cc1ccc(-c2nc(N[C@@H](C)CCc3ccccc3)c3ccccc3n2)cc1. The number of rotatable bonds is 6. The molecule has 3 aromatic carbocycles. The molecule has 0 aliphatic rings. The number of aryl methyl sites for hydroxylation is 2. The lowest BCUT2D eigenvalue weighted by atomic mass is 10.1. The summed E-state index contributed by atoms with van der Waals surface area (Å²) in [6.07, 6.45) is 2.09. The van der Waals surface area contributed by atoms with Gasteiger partial charge in [0, 0.05) is 17.0 Å². The molecule has 0 amide bonds. The van der Waals surface area contributed by atoms with Crippen LogP contribution in [0.4, 0.5) is 5.82 Å². The van der Waals surface area contributed by atoms with Crippen molar-refractivity contribution in [1.82, 2.24) is 9.97 Å². The number of nitrogens with one attached hydrogen (secondary N) is 1. The summed E-state index contributed by atoms with van der Waals surface area (Å²) < 4.78 is 0. The average molecular weight is 367 g/mol. The van der Waals surface area contributed by atoms with Crippen molar-refractivity contribution in [2.75, 3.05) is 5.32 Å². The van der Waals surface area contributed by atoms with Crippen molar-refractivity contribution < 1.29 is 0 Å². The van der Waals surface area contributed by atoms with Gasteiger partial charge in [-0.25, -0.2) is 9.97 Å². The van der Waals surface area contributed by atoms with E-state index in [9.17, 15) is 0 Å². The van der Waals surface area contributed by atoms with E-state index in [2.05, 4.69) is 85.9 Å². The lowest BCUT2D eigenvalue weighted by molar-refractivity contribution is 0.704. The molecule has 0 bridgehead atoms. The Morgan fingerprint density at radius 1 is 0.821 bits per heavy atom. The standard InChI is InChI=1S/C25H25N3/c1-18-12-16-21(17-13-18)24-27-23-11-7-6-10-22(23)25(28-24)26-19(2)14-15-20-8-4-3-5-9-20/h3-13,16-17,19H,14-15H2,1-2H3,(H,26,27,28)/t19-/m0/s1. The summed E-state index contributed by atoms with van der Waals surface area (Å²) >= 11 is 0. The van der Waals surface area contributed by atoms with Crippen molar-refractivity contribution >= 4 is 16.7 Å². The van der Waals surface area contributed by atoms with Gasteiger partial charge in [0.15, 0.2) is 5.82 Å². The van der Waals surface area contributed by atoms with Gasteiger partial charge in [0.1, 0.15) is 5.82 Å². The van der Waals surface area contributed by atoms with E-state index in [1.54, 1.807) is 0 Å². The molecule has 1 atom stereocenters. The first kappa shape index (κ1) is 18.2. The Labute approximate surface area is 166 Å². The van der Waals surface area contributed by atoms with Crippen LogP contribution in [0.5, 0.6) is 0 Å². The number of nitrogens with zero attached hydrogens (tertiary/aromatic N) is 2. The van der Waals surface area contributed by atoms with Crippen LogP contribution < -0.4 is 5.32 Å². The molecule has 4 aromatic rings. The second-order valence-electron chi connectivity index (χ2n) is 7.35. The highest BCUT2D eigenvalue weighted by Crippen LogP contribution is 2.26. The summed E-state index contributed by atoms with van der Waals surface area (Å²) in [7, 11) is 0. The maximum absolute atomic E-state index is 4.87. The van der Waals surface area contributed by atoms with Gasteiger partial charge in [-0.3, -0.25) is 0 Å². The molecule has 0 saturated carbocycles. The summed E-state index contributed by atoms with van der Waals surface area (Å²) in [5, 5.41) is 4.69. The summed E-state index contributed by atoms with van der Waals surface area (Å²) in [5.41, 5.74) is 4.60. The summed E-state index contributed by atoms with van der Waals surface area (Å²) in [6.45, 7) is 4.30. The smallest absolute Gasteiger partial charge is 0.162 e. The van der Waals surface area contributed by atoms with Crippen LogP contribution in [0.1, 0.15) is 24.5 Å². The molecule has 0 radical (unpaired) electrons. The Morgan fingerprint density at radius 3 is 2.32 bits per heavy atom. The second kappa shape index (κ2) is 8.22. The number of fused-ring (bicyclic) bond motifs is 1.